The molecule has 1 nitrogen and oxygen atoms in total. The quantitative estimate of drug-likeness (QED) is 0.775. The Balaban J connectivity index is 1.99. The van der Waals surface area contributed by atoms with Crippen LogP contribution in [0, 0.1) is 6.92 Å². The summed E-state index contributed by atoms with van der Waals surface area (Å²) in [5.74, 6) is 0.725. The van der Waals surface area contributed by atoms with Crippen molar-refractivity contribution in [3.63, 3.8) is 0 Å². The second-order valence-corrected chi connectivity index (χ2v) is 5.45. The van der Waals surface area contributed by atoms with Crippen LogP contribution in [0.4, 0.5) is 0 Å². The average Bonchev–Trinajstić information content (AvgIpc) is 2.74. The lowest BCUT2D eigenvalue weighted by molar-refractivity contribution is 0.460. The minimum atomic E-state index is 0.725. The van der Waals surface area contributed by atoms with Gasteiger partial charge in [0.15, 0.2) is 0 Å². The molecule has 2 aliphatic rings. The van der Waals surface area contributed by atoms with E-state index in [9.17, 15) is 0 Å². The molecule has 0 spiro atoms. The normalized spacial score (nSPS) is 23.8. The number of piperidine rings is 1. The van der Waals surface area contributed by atoms with Crippen LogP contribution >= 0.6 is 0 Å². The summed E-state index contributed by atoms with van der Waals surface area (Å²) in [6, 6.07) is 4.66. The zero-order valence-corrected chi connectivity index (χ0v) is 10.7. The number of allylic oxidation sites excluding steroid dienone is 1. The molecule has 1 aliphatic carbocycles. The molecule has 1 fully saturated rings. The van der Waals surface area contributed by atoms with E-state index in [2.05, 4.69) is 31.0 Å². The average molecular weight is 227 g/mol. The van der Waals surface area contributed by atoms with Crippen LogP contribution in [-0.2, 0) is 6.42 Å². The van der Waals surface area contributed by atoms with Crippen molar-refractivity contribution in [2.24, 2.45) is 0 Å². The van der Waals surface area contributed by atoms with Gasteiger partial charge in [-0.15, -0.1) is 0 Å². The Labute approximate surface area is 104 Å². The van der Waals surface area contributed by atoms with Crippen molar-refractivity contribution in [2.45, 2.75) is 38.5 Å². The van der Waals surface area contributed by atoms with E-state index in [1.807, 2.05) is 0 Å². The summed E-state index contributed by atoms with van der Waals surface area (Å²) in [6.07, 6.45) is 5.01. The number of benzene rings is 1. The molecule has 90 valence electrons. The Morgan fingerprint density at radius 1 is 1.29 bits per heavy atom. The molecule has 0 saturated carbocycles. The van der Waals surface area contributed by atoms with Gasteiger partial charge in [0.1, 0.15) is 0 Å². The molecule has 1 heterocycles. The third kappa shape index (κ3) is 1.83. The van der Waals surface area contributed by atoms with E-state index in [1.54, 1.807) is 11.1 Å². The summed E-state index contributed by atoms with van der Waals surface area (Å²) >= 11 is 0. The summed E-state index contributed by atoms with van der Waals surface area (Å²) in [7, 11) is 0. The van der Waals surface area contributed by atoms with Gasteiger partial charge in [-0.2, -0.15) is 0 Å². The van der Waals surface area contributed by atoms with Gasteiger partial charge in [0.25, 0.3) is 0 Å². The van der Waals surface area contributed by atoms with Gasteiger partial charge in [0.2, 0.25) is 0 Å². The monoisotopic (exact) mass is 227 g/mol. The SMILES string of the molecule is C=C1CCc2c1ccc(C1CCCNC1)c2C. The van der Waals surface area contributed by atoms with Crippen molar-refractivity contribution in [1.82, 2.24) is 5.32 Å². The van der Waals surface area contributed by atoms with Gasteiger partial charge in [0.05, 0.1) is 0 Å². The van der Waals surface area contributed by atoms with E-state index in [1.165, 1.54) is 42.5 Å². The predicted molar refractivity (Wildman–Crippen MR) is 73.4 cm³/mol. The largest absolute Gasteiger partial charge is 0.316 e. The van der Waals surface area contributed by atoms with Crippen molar-refractivity contribution in [3.05, 3.63) is 41.0 Å². The highest BCUT2D eigenvalue weighted by Gasteiger charge is 2.22. The molecule has 17 heavy (non-hydrogen) atoms. The van der Waals surface area contributed by atoms with Crippen molar-refractivity contribution < 1.29 is 0 Å². The van der Waals surface area contributed by atoms with Crippen LogP contribution in [0.25, 0.3) is 5.57 Å². The van der Waals surface area contributed by atoms with Gasteiger partial charge >= 0.3 is 0 Å². The van der Waals surface area contributed by atoms with Gasteiger partial charge in [0, 0.05) is 6.54 Å². The molecular formula is C16H21N. The maximum Gasteiger partial charge on any atom is 0.00202 e. The summed E-state index contributed by atoms with van der Waals surface area (Å²) in [6.45, 7) is 8.82. The molecule has 0 radical (unpaired) electrons. The van der Waals surface area contributed by atoms with Crippen molar-refractivity contribution in [2.75, 3.05) is 13.1 Å². The number of fused-ring (bicyclic) bond motifs is 1. The molecule has 1 aliphatic heterocycles. The molecule has 1 aromatic carbocycles. The second-order valence-electron chi connectivity index (χ2n) is 5.45. The molecule has 0 aromatic heterocycles. The highest BCUT2D eigenvalue weighted by molar-refractivity contribution is 5.72. The molecule has 1 saturated heterocycles. The molecule has 1 N–H and O–H groups in total. The third-order valence-corrected chi connectivity index (χ3v) is 4.43. The Hall–Kier alpha value is -1.08. The van der Waals surface area contributed by atoms with Crippen LogP contribution in [0.3, 0.4) is 0 Å². The lowest BCUT2D eigenvalue weighted by Gasteiger charge is -2.25. The maximum absolute atomic E-state index is 4.17. The summed E-state index contributed by atoms with van der Waals surface area (Å²) in [4.78, 5) is 0. The van der Waals surface area contributed by atoms with Crippen molar-refractivity contribution in [3.8, 4) is 0 Å². The van der Waals surface area contributed by atoms with E-state index in [0.717, 1.165) is 18.9 Å². The minimum absolute atomic E-state index is 0.725. The highest BCUT2D eigenvalue weighted by Crippen LogP contribution is 2.37. The second kappa shape index (κ2) is 4.30. The first-order valence-electron chi connectivity index (χ1n) is 6.78. The lowest BCUT2D eigenvalue weighted by atomic mass is 9.86. The zero-order chi connectivity index (χ0) is 11.8. The first-order valence-corrected chi connectivity index (χ1v) is 6.78. The van der Waals surface area contributed by atoms with Crippen molar-refractivity contribution in [1.29, 1.82) is 0 Å². The van der Waals surface area contributed by atoms with E-state index in [0.29, 0.717) is 0 Å². The highest BCUT2D eigenvalue weighted by atomic mass is 14.9. The van der Waals surface area contributed by atoms with Crippen LogP contribution in [0.2, 0.25) is 0 Å². The van der Waals surface area contributed by atoms with E-state index in [-0.39, 0.29) is 0 Å². The zero-order valence-electron chi connectivity index (χ0n) is 10.7. The van der Waals surface area contributed by atoms with Gasteiger partial charge in [-0.3, -0.25) is 0 Å². The number of rotatable bonds is 1. The smallest absolute Gasteiger partial charge is 0.00202 e. The van der Waals surface area contributed by atoms with E-state index in [4.69, 9.17) is 0 Å². The number of hydrogen-bond acceptors (Lipinski definition) is 1. The van der Waals surface area contributed by atoms with Crippen LogP contribution in [-0.4, -0.2) is 13.1 Å². The van der Waals surface area contributed by atoms with Gasteiger partial charge in [-0.1, -0.05) is 18.7 Å². The van der Waals surface area contributed by atoms with Crippen LogP contribution in [0.1, 0.15) is 47.4 Å². The topological polar surface area (TPSA) is 12.0 Å². The molecular weight excluding hydrogens is 206 g/mol. The van der Waals surface area contributed by atoms with Gasteiger partial charge in [-0.05, 0) is 72.9 Å². The number of hydrogen-bond donors (Lipinski definition) is 1. The first kappa shape index (κ1) is 11.0. The van der Waals surface area contributed by atoms with Crippen LogP contribution in [0.15, 0.2) is 18.7 Å². The summed E-state index contributed by atoms with van der Waals surface area (Å²) < 4.78 is 0. The maximum atomic E-state index is 4.17. The van der Waals surface area contributed by atoms with Crippen LogP contribution < -0.4 is 5.32 Å². The molecule has 0 bridgehead atoms. The lowest BCUT2D eigenvalue weighted by Crippen LogP contribution is -2.28. The Bertz CT molecular complexity index is 453. The summed E-state index contributed by atoms with van der Waals surface area (Å²) in [5, 5.41) is 3.52. The summed E-state index contributed by atoms with van der Waals surface area (Å²) in [5.41, 5.74) is 7.44. The van der Waals surface area contributed by atoms with Crippen molar-refractivity contribution >= 4 is 5.57 Å². The van der Waals surface area contributed by atoms with Gasteiger partial charge in [-0.25, -0.2) is 0 Å². The minimum Gasteiger partial charge on any atom is -0.316 e. The fourth-order valence-electron chi connectivity index (χ4n) is 3.40. The third-order valence-electron chi connectivity index (χ3n) is 4.43. The fourth-order valence-corrected chi connectivity index (χ4v) is 3.40. The molecule has 1 unspecified atom stereocenters. The standard InChI is InChI=1S/C16H21N/c1-11-5-6-16-12(2)15(8-7-14(11)16)13-4-3-9-17-10-13/h7-8,13,17H,1,3-6,9-10H2,2H3. The molecule has 1 heteroatoms. The number of nitrogens with one attached hydrogen (secondary N) is 1. The molecule has 1 atom stereocenters. The molecule has 0 amide bonds. The predicted octanol–water partition coefficient (Wildman–Crippen LogP) is 3.42. The first-order chi connectivity index (χ1) is 8.27. The van der Waals surface area contributed by atoms with E-state index >= 15 is 0 Å². The Morgan fingerprint density at radius 2 is 2.18 bits per heavy atom. The Morgan fingerprint density at radius 3 is 2.94 bits per heavy atom. The van der Waals surface area contributed by atoms with Crippen LogP contribution in [0.5, 0.6) is 0 Å². The fraction of sp³-hybridized carbons (Fsp3) is 0.500. The molecule has 3 rings (SSSR count). The molecule has 1 aromatic rings. The Kier molecular flexibility index (Phi) is 2.79. The van der Waals surface area contributed by atoms with E-state index < -0.39 is 0 Å². The van der Waals surface area contributed by atoms with Gasteiger partial charge < -0.3 is 5.32 Å².